The summed E-state index contributed by atoms with van der Waals surface area (Å²) in [5, 5.41) is 53.4. The minimum absolute atomic E-state index is 0.0125. The van der Waals surface area contributed by atoms with Crippen LogP contribution in [0, 0.1) is 19.3 Å². The van der Waals surface area contributed by atoms with E-state index in [9.17, 15) is 30.0 Å². The summed E-state index contributed by atoms with van der Waals surface area (Å²) < 4.78 is 25.2. The fourth-order valence-corrected chi connectivity index (χ4v) is 8.14. The normalized spacial score (nSPS) is 13.0. The molecule has 0 aliphatic rings. The number of benzene rings is 4. The molecule has 372 valence electrons. The lowest BCUT2D eigenvalue weighted by Crippen LogP contribution is -2.44. The van der Waals surface area contributed by atoms with Crippen LogP contribution in [0.2, 0.25) is 10.0 Å². The second-order valence-corrected chi connectivity index (χ2v) is 17.6. The monoisotopic (exact) mass is 1010 g/mol. The highest BCUT2D eigenvalue weighted by Gasteiger charge is 2.25. The van der Waals surface area contributed by atoms with E-state index in [1.54, 1.807) is 68.4 Å². The second kappa shape index (κ2) is 25.3. The number of nitrogens with zero attached hydrogens (tertiary/aromatic N) is 3. The molecule has 0 aliphatic carbocycles. The van der Waals surface area contributed by atoms with Crippen molar-refractivity contribution in [1.29, 1.82) is 5.41 Å². The van der Waals surface area contributed by atoms with E-state index in [0.29, 0.717) is 45.3 Å². The standard InChI is InChI=1S/C53H56Cl2N6O10/c1-30-38(28-70-48-16-46(68-26-36-12-34(18-56)20-58-22-36)40(14-44(48)54)24-60-50(32(3)62)52(64)65)8-6-10-42(30)43-11-7-9-39(31(43)2)29-71-49-17-47(69-27-37-13-35(19-57-5)21-59-23-37)41(15-45(49)55)25-61-51(33(4)63)53(66)67/h6-23,32-33,50-51,56,60-63H,24-29H2,1-5H3,(H,64,65)(H,66,67)/t32-,33-,50+,51+/m1/s1. The number of nitrogens with one attached hydrogen (secondary N) is 3. The van der Waals surface area contributed by atoms with Gasteiger partial charge in [0.15, 0.2) is 0 Å². The molecule has 0 bridgehead atoms. The molecule has 2 aromatic heterocycles. The molecule has 0 aliphatic heterocycles. The summed E-state index contributed by atoms with van der Waals surface area (Å²) in [5.41, 5.74) is 9.64. The Kier molecular flexibility index (Phi) is 19.0. The third kappa shape index (κ3) is 14.3. The highest BCUT2D eigenvalue weighted by Crippen LogP contribution is 2.37. The molecule has 6 rings (SSSR count). The molecule has 7 N–H and O–H groups in total. The first-order valence-electron chi connectivity index (χ1n) is 22.5. The molecule has 0 unspecified atom stereocenters. The van der Waals surface area contributed by atoms with Crippen LogP contribution in [-0.2, 0) is 49.1 Å². The maximum Gasteiger partial charge on any atom is 0.323 e. The van der Waals surface area contributed by atoms with Gasteiger partial charge >= 0.3 is 11.9 Å². The Morgan fingerprint density at radius 2 is 1.06 bits per heavy atom. The molecule has 0 amide bonds. The molecule has 0 spiro atoms. The van der Waals surface area contributed by atoms with Crippen molar-refractivity contribution >= 4 is 47.6 Å². The number of aliphatic imine (C=N–C) groups is 1. The first kappa shape index (κ1) is 53.4. The predicted molar refractivity (Wildman–Crippen MR) is 271 cm³/mol. The number of aromatic nitrogens is 2. The quantitative estimate of drug-likeness (QED) is 0.0267. The van der Waals surface area contributed by atoms with Crippen LogP contribution in [0.4, 0.5) is 0 Å². The van der Waals surface area contributed by atoms with E-state index in [1.807, 2.05) is 56.3 Å². The summed E-state index contributed by atoms with van der Waals surface area (Å²) in [6, 6.07) is 19.7. The molecular formula is C53H56Cl2N6O10. The fourth-order valence-electron chi connectivity index (χ4n) is 7.65. The van der Waals surface area contributed by atoms with Crippen LogP contribution in [0.15, 0.2) is 103 Å². The predicted octanol–water partition coefficient (Wildman–Crippen LogP) is 8.28. The van der Waals surface area contributed by atoms with Crippen LogP contribution in [0.25, 0.3) is 11.1 Å². The van der Waals surface area contributed by atoms with Crippen molar-refractivity contribution < 1.29 is 49.0 Å². The maximum absolute atomic E-state index is 11.8. The molecule has 0 radical (unpaired) electrons. The third-order valence-corrected chi connectivity index (χ3v) is 12.2. The van der Waals surface area contributed by atoms with Crippen LogP contribution < -0.4 is 29.6 Å². The number of halogens is 2. The molecule has 2 heterocycles. The van der Waals surface area contributed by atoms with Gasteiger partial charge in [-0.3, -0.25) is 35.2 Å². The molecular weight excluding hydrogens is 952 g/mol. The molecule has 71 heavy (non-hydrogen) atoms. The Hall–Kier alpha value is -6.92. The lowest BCUT2D eigenvalue weighted by atomic mass is 9.92. The van der Waals surface area contributed by atoms with Crippen molar-refractivity contribution in [1.82, 2.24) is 20.6 Å². The van der Waals surface area contributed by atoms with Crippen LogP contribution in [0.5, 0.6) is 23.0 Å². The Morgan fingerprint density at radius 3 is 1.46 bits per heavy atom. The lowest BCUT2D eigenvalue weighted by molar-refractivity contribution is -0.143. The summed E-state index contributed by atoms with van der Waals surface area (Å²) in [7, 11) is 1.67. The van der Waals surface area contributed by atoms with Gasteiger partial charge in [-0.1, -0.05) is 59.6 Å². The van der Waals surface area contributed by atoms with Gasteiger partial charge in [-0.25, -0.2) is 0 Å². The first-order valence-corrected chi connectivity index (χ1v) is 23.2. The zero-order valence-corrected chi connectivity index (χ0v) is 41.3. The second-order valence-electron chi connectivity index (χ2n) is 16.8. The number of carboxylic acid groups (broad SMARTS) is 2. The van der Waals surface area contributed by atoms with Gasteiger partial charge in [0.2, 0.25) is 0 Å². The smallest absolute Gasteiger partial charge is 0.323 e. The van der Waals surface area contributed by atoms with Gasteiger partial charge < -0.3 is 44.8 Å². The summed E-state index contributed by atoms with van der Waals surface area (Å²) in [4.78, 5) is 36.2. The average molecular weight is 1010 g/mol. The van der Waals surface area contributed by atoms with E-state index in [2.05, 4.69) is 25.6 Å². The number of aliphatic hydroxyl groups excluding tert-OH is 2. The van der Waals surface area contributed by atoms with Gasteiger partial charge in [0.25, 0.3) is 0 Å². The van der Waals surface area contributed by atoms with E-state index in [0.717, 1.165) is 44.5 Å². The number of pyridine rings is 2. The summed E-state index contributed by atoms with van der Waals surface area (Å²) in [5.74, 6) is -0.979. The average Bonchev–Trinajstić information content (AvgIpc) is 3.33. The number of rotatable bonds is 25. The van der Waals surface area contributed by atoms with Gasteiger partial charge in [-0.2, -0.15) is 0 Å². The SMILES string of the molecule is CN=Cc1cncc(COc2cc(OCc3cccc(-c4cccc(COc5cc(OCc6cncc(C=N)c6)c(CN[C@H](C(=O)O)[C@@H](C)O)cc5Cl)c4C)c3C)c(Cl)cc2CN[C@H](C(=O)O)[C@@H](C)O)c1. The van der Waals surface area contributed by atoms with Crippen molar-refractivity contribution in [3.05, 3.63) is 163 Å². The number of hydrogen-bond donors (Lipinski definition) is 7. The van der Waals surface area contributed by atoms with Gasteiger partial charge in [0.1, 0.15) is 61.5 Å². The van der Waals surface area contributed by atoms with E-state index < -0.39 is 36.2 Å². The number of aliphatic carboxylic acids is 2. The molecule has 18 heteroatoms. The first-order chi connectivity index (χ1) is 34.1. The number of aliphatic hydroxyl groups is 2. The van der Waals surface area contributed by atoms with E-state index in [1.165, 1.54) is 20.1 Å². The Bertz CT molecular complexity index is 2880. The summed E-state index contributed by atoms with van der Waals surface area (Å²) in [6.45, 7) is 7.37. The zero-order chi connectivity index (χ0) is 51.2. The van der Waals surface area contributed by atoms with Gasteiger partial charge in [-0.15, -0.1) is 0 Å². The topological polar surface area (TPSA) is 238 Å². The molecule has 6 aromatic rings. The number of carboxylic acids is 2. The molecule has 0 saturated heterocycles. The molecule has 16 nitrogen and oxygen atoms in total. The van der Waals surface area contributed by atoms with E-state index in [4.69, 9.17) is 47.6 Å². The minimum atomic E-state index is -1.24. The maximum atomic E-state index is 11.8. The number of ether oxygens (including phenoxy) is 4. The minimum Gasteiger partial charge on any atom is -0.488 e. The van der Waals surface area contributed by atoms with Crippen molar-refractivity contribution in [2.45, 2.75) is 91.5 Å². The highest BCUT2D eigenvalue weighted by molar-refractivity contribution is 6.32. The Morgan fingerprint density at radius 1 is 0.634 bits per heavy atom. The molecule has 4 atom stereocenters. The molecule has 0 saturated carbocycles. The van der Waals surface area contributed by atoms with Crippen LogP contribution in [-0.4, -0.2) is 86.1 Å². The Balaban J connectivity index is 1.21. The van der Waals surface area contributed by atoms with E-state index in [-0.39, 0.29) is 49.6 Å². The van der Waals surface area contributed by atoms with E-state index >= 15 is 0 Å². The molecule has 0 fully saturated rings. The molecule has 4 aromatic carbocycles. The summed E-state index contributed by atoms with van der Waals surface area (Å²) in [6.07, 6.45) is 7.08. The van der Waals surface area contributed by atoms with Crippen LogP contribution in [0.3, 0.4) is 0 Å². The third-order valence-electron chi connectivity index (χ3n) is 11.6. The largest absolute Gasteiger partial charge is 0.488 e. The van der Waals surface area contributed by atoms with Gasteiger partial charge in [0.05, 0.1) is 22.3 Å². The lowest BCUT2D eigenvalue weighted by Gasteiger charge is -2.20. The fraction of sp³-hybridized carbons (Fsp3) is 0.283. The number of hydrogen-bond acceptors (Lipinski definition) is 14. The highest BCUT2D eigenvalue weighted by atomic mass is 35.5. The van der Waals surface area contributed by atoms with Gasteiger partial charge in [0, 0.05) is 103 Å². The van der Waals surface area contributed by atoms with Crippen molar-refractivity contribution in [3.63, 3.8) is 0 Å². The Labute approximate surface area is 421 Å². The summed E-state index contributed by atoms with van der Waals surface area (Å²) >= 11 is 13.6. The van der Waals surface area contributed by atoms with Crippen molar-refractivity contribution in [2.24, 2.45) is 4.99 Å². The van der Waals surface area contributed by atoms with Gasteiger partial charge in [-0.05, 0) is 85.3 Å². The van der Waals surface area contributed by atoms with Crippen molar-refractivity contribution in [2.75, 3.05) is 7.05 Å². The number of carbonyl (C=O) groups is 2. The zero-order valence-electron chi connectivity index (χ0n) is 39.8. The van der Waals surface area contributed by atoms with Crippen LogP contribution in [0.1, 0.15) is 69.5 Å². The van der Waals surface area contributed by atoms with Crippen molar-refractivity contribution in [3.8, 4) is 34.1 Å². The van der Waals surface area contributed by atoms with Crippen LogP contribution >= 0.6 is 23.2 Å².